The van der Waals surface area contributed by atoms with Crippen molar-refractivity contribution in [3.8, 4) is 0 Å². The molecule has 92 valence electrons. The molecule has 0 amide bonds. The second kappa shape index (κ2) is 5.37. The van der Waals surface area contributed by atoms with E-state index in [-0.39, 0.29) is 10.6 Å². The fraction of sp³-hybridized carbons (Fsp3) is 0.455. The second-order valence-corrected chi connectivity index (χ2v) is 4.56. The van der Waals surface area contributed by atoms with Crippen molar-refractivity contribution >= 4 is 23.1 Å². The van der Waals surface area contributed by atoms with Gasteiger partial charge in [0.05, 0.1) is 23.0 Å². The molecular weight excluding hydrogens is 240 g/mol. The highest BCUT2D eigenvalue weighted by molar-refractivity contribution is 7.98. The molecule has 0 spiro atoms. The van der Waals surface area contributed by atoms with Gasteiger partial charge in [-0.1, -0.05) is 0 Å². The Morgan fingerprint density at radius 3 is 2.71 bits per heavy atom. The van der Waals surface area contributed by atoms with Gasteiger partial charge in [-0.15, -0.1) is 11.8 Å². The van der Waals surface area contributed by atoms with E-state index >= 15 is 0 Å². The smallest absolute Gasteiger partial charge is 0.283 e. The Balaban J connectivity index is 2.27. The molecular formula is C11H14N2O3S. The van der Waals surface area contributed by atoms with Crippen molar-refractivity contribution in [2.45, 2.75) is 4.90 Å². The van der Waals surface area contributed by atoms with Gasteiger partial charge in [0.25, 0.3) is 5.69 Å². The number of benzene rings is 1. The molecule has 2 rings (SSSR count). The number of hydrogen-bond donors (Lipinski definition) is 0. The maximum atomic E-state index is 10.8. The van der Waals surface area contributed by atoms with E-state index in [2.05, 4.69) is 4.90 Å². The van der Waals surface area contributed by atoms with Crippen LogP contribution in [0.15, 0.2) is 23.1 Å². The Hall–Kier alpha value is -1.27. The van der Waals surface area contributed by atoms with Crippen molar-refractivity contribution in [2.75, 3.05) is 37.5 Å². The highest BCUT2D eigenvalue weighted by atomic mass is 32.2. The lowest BCUT2D eigenvalue weighted by Crippen LogP contribution is -2.36. The van der Waals surface area contributed by atoms with Crippen LogP contribution in [0.25, 0.3) is 0 Å². The molecule has 1 aliphatic rings. The number of rotatable bonds is 3. The normalized spacial score (nSPS) is 15.9. The Kier molecular flexibility index (Phi) is 3.86. The number of ether oxygens (including phenoxy) is 1. The van der Waals surface area contributed by atoms with E-state index in [1.807, 2.05) is 18.4 Å². The third-order valence-electron chi connectivity index (χ3n) is 2.74. The maximum Gasteiger partial charge on any atom is 0.283 e. The third kappa shape index (κ3) is 2.70. The predicted molar refractivity (Wildman–Crippen MR) is 67.9 cm³/mol. The van der Waals surface area contributed by atoms with Gasteiger partial charge in [0.2, 0.25) is 0 Å². The first-order chi connectivity index (χ1) is 8.22. The van der Waals surface area contributed by atoms with E-state index in [9.17, 15) is 10.1 Å². The average Bonchev–Trinajstić information content (AvgIpc) is 2.39. The van der Waals surface area contributed by atoms with Gasteiger partial charge >= 0.3 is 0 Å². The van der Waals surface area contributed by atoms with E-state index in [1.54, 1.807) is 6.07 Å². The summed E-state index contributed by atoms with van der Waals surface area (Å²) in [5.74, 6) is 0. The fourth-order valence-corrected chi connectivity index (χ4v) is 2.43. The summed E-state index contributed by atoms with van der Waals surface area (Å²) in [6.45, 7) is 3.11. The standard InChI is InChI=1S/C11H14N2O3S/c1-17-11-8-9(2-3-10(11)13(14)15)12-4-6-16-7-5-12/h2-3,8H,4-7H2,1H3. The summed E-state index contributed by atoms with van der Waals surface area (Å²) < 4.78 is 5.28. The van der Waals surface area contributed by atoms with Gasteiger partial charge in [-0.3, -0.25) is 10.1 Å². The van der Waals surface area contributed by atoms with Gasteiger partial charge in [-0.25, -0.2) is 0 Å². The van der Waals surface area contributed by atoms with Gasteiger partial charge in [0, 0.05) is 24.8 Å². The zero-order valence-electron chi connectivity index (χ0n) is 9.59. The summed E-state index contributed by atoms with van der Waals surface area (Å²) in [4.78, 5) is 13.4. The molecule has 1 fully saturated rings. The summed E-state index contributed by atoms with van der Waals surface area (Å²) in [6.07, 6.45) is 1.85. The number of hydrogen-bond acceptors (Lipinski definition) is 5. The van der Waals surface area contributed by atoms with Crippen molar-refractivity contribution in [1.82, 2.24) is 0 Å². The first kappa shape index (κ1) is 12.2. The topological polar surface area (TPSA) is 55.6 Å². The van der Waals surface area contributed by atoms with E-state index in [0.717, 1.165) is 18.8 Å². The van der Waals surface area contributed by atoms with Crippen LogP contribution in [0.2, 0.25) is 0 Å². The van der Waals surface area contributed by atoms with Crippen LogP contribution in [-0.4, -0.2) is 37.5 Å². The second-order valence-electron chi connectivity index (χ2n) is 3.71. The minimum atomic E-state index is -0.338. The van der Waals surface area contributed by atoms with Gasteiger partial charge in [0.1, 0.15) is 0 Å². The summed E-state index contributed by atoms with van der Waals surface area (Å²) >= 11 is 1.40. The van der Waals surface area contributed by atoms with Crippen LogP contribution in [0.5, 0.6) is 0 Å². The molecule has 1 aliphatic heterocycles. The van der Waals surface area contributed by atoms with Crippen LogP contribution in [0, 0.1) is 10.1 Å². The number of thioether (sulfide) groups is 1. The Morgan fingerprint density at radius 2 is 2.12 bits per heavy atom. The van der Waals surface area contributed by atoms with Crippen molar-refractivity contribution in [1.29, 1.82) is 0 Å². The summed E-state index contributed by atoms with van der Waals surface area (Å²) in [5.41, 5.74) is 1.21. The first-order valence-corrected chi connectivity index (χ1v) is 6.60. The molecule has 0 saturated carbocycles. The molecule has 0 N–H and O–H groups in total. The Labute approximate surface area is 104 Å². The zero-order valence-corrected chi connectivity index (χ0v) is 10.4. The van der Waals surface area contributed by atoms with Crippen molar-refractivity contribution < 1.29 is 9.66 Å². The SMILES string of the molecule is CSc1cc(N2CCOCC2)ccc1[N+](=O)[O-]. The molecule has 1 aromatic rings. The minimum Gasteiger partial charge on any atom is -0.378 e. The van der Waals surface area contributed by atoms with Crippen LogP contribution >= 0.6 is 11.8 Å². The Bertz CT molecular complexity index is 419. The quantitative estimate of drug-likeness (QED) is 0.470. The molecule has 1 aromatic carbocycles. The molecule has 17 heavy (non-hydrogen) atoms. The van der Waals surface area contributed by atoms with Crippen LogP contribution < -0.4 is 4.90 Å². The van der Waals surface area contributed by atoms with Crippen molar-refractivity contribution in [3.05, 3.63) is 28.3 Å². The lowest BCUT2D eigenvalue weighted by molar-refractivity contribution is -0.387. The van der Waals surface area contributed by atoms with Crippen molar-refractivity contribution in [2.24, 2.45) is 0 Å². The number of nitro benzene ring substituents is 1. The number of nitrogens with zero attached hydrogens (tertiary/aromatic N) is 2. The average molecular weight is 254 g/mol. The minimum absolute atomic E-state index is 0.175. The lowest BCUT2D eigenvalue weighted by Gasteiger charge is -2.29. The first-order valence-electron chi connectivity index (χ1n) is 5.37. The van der Waals surface area contributed by atoms with Crippen LogP contribution in [0.1, 0.15) is 0 Å². The van der Waals surface area contributed by atoms with E-state index in [1.165, 1.54) is 11.8 Å². The van der Waals surface area contributed by atoms with E-state index < -0.39 is 0 Å². The van der Waals surface area contributed by atoms with Gasteiger partial charge < -0.3 is 9.64 Å². The Morgan fingerprint density at radius 1 is 1.41 bits per heavy atom. The third-order valence-corrected chi connectivity index (χ3v) is 3.50. The number of morpholine rings is 1. The van der Waals surface area contributed by atoms with Crippen LogP contribution in [0.3, 0.4) is 0 Å². The zero-order chi connectivity index (χ0) is 12.3. The molecule has 1 saturated heterocycles. The highest BCUT2D eigenvalue weighted by Crippen LogP contribution is 2.31. The molecule has 0 aromatic heterocycles. The number of anilines is 1. The van der Waals surface area contributed by atoms with E-state index in [4.69, 9.17) is 4.74 Å². The van der Waals surface area contributed by atoms with E-state index in [0.29, 0.717) is 18.1 Å². The molecule has 0 bridgehead atoms. The van der Waals surface area contributed by atoms with Gasteiger partial charge in [-0.2, -0.15) is 0 Å². The summed E-state index contributed by atoms with van der Waals surface area (Å²) in [6, 6.07) is 5.27. The monoisotopic (exact) mass is 254 g/mol. The summed E-state index contributed by atoms with van der Waals surface area (Å²) in [5, 5.41) is 10.8. The van der Waals surface area contributed by atoms with Gasteiger partial charge in [0.15, 0.2) is 0 Å². The maximum absolute atomic E-state index is 10.8. The van der Waals surface area contributed by atoms with Crippen LogP contribution in [0.4, 0.5) is 11.4 Å². The molecule has 5 nitrogen and oxygen atoms in total. The fourth-order valence-electron chi connectivity index (χ4n) is 1.84. The predicted octanol–water partition coefficient (Wildman–Crippen LogP) is 2.15. The molecule has 1 heterocycles. The van der Waals surface area contributed by atoms with Crippen LogP contribution in [-0.2, 0) is 4.74 Å². The highest BCUT2D eigenvalue weighted by Gasteiger charge is 2.17. The molecule has 0 radical (unpaired) electrons. The summed E-state index contributed by atoms with van der Waals surface area (Å²) in [7, 11) is 0. The molecule has 0 aliphatic carbocycles. The molecule has 0 atom stereocenters. The molecule has 0 unspecified atom stereocenters. The van der Waals surface area contributed by atoms with Crippen molar-refractivity contribution in [3.63, 3.8) is 0 Å². The lowest BCUT2D eigenvalue weighted by atomic mass is 10.2. The molecule has 6 heteroatoms. The van der Waals surface area contributed by atoms with Gasteiger partial charge in [-0.05, 0) is 18.4 Å². The largest absolute Gasteiger partial charge is 0.378 e. The number of nitro groups is 1.